The minimum Gasteiger partial charge on any atom is -0.335 e. The van der Waals surface area contributed by atoms with Gasteiger partial charge in [0.15, 0.2) is 5.78 Å². The highest BCUT2D eigenvalue weighted by atomic mass is 32.2. The van der Waals surface area contributed by atoms with Crippen LogP contribution in [0.2, 0.25) is 0 Å². The van der Waals surface area contributed by atoms with Crippen molar-refractivity contribution in [3.63, 3.8) is 0 Å². The zero-order valence-electron chi connectivity index (χ0n) is 6.74. The first-order valence-electron chi connectivity index (χ1n) is 3.88. The number of carbonyl (C=O) groups is 2. The zero-order valence-corrected chi connectivity index (χ0v) is 7.56. The maximum Gasteiger partial charge on any atom is 0.319 e. The molecule has 0 spiro atoms. The standard InChI is InChI=1S/C7H10N2O2S/c1-4(10)5-3-12-6-2-8-7(11)9(5)6/h5-6H,2-3H2,1H3,(H,8,11). The molecule has 2 aliphatic rings. The zero-order chi connectivity index (χ0) is 8.72. The van der Waals surface area contributed by atoms with Gasteiger partial charge >= 0.3 is 6.03 Å². The van der Waals surface area contributed by atoms with Gasteiger partial charge in [0.1, 0.15) is 6.04 Å². The summed E-state index contributed by atoms with van der Waals surface area (Å²) in [5.74, 6) is 0.843. The van der Waals surface area contributed by atoms with Crippen molar-refractivity contribution in [2.45, 2.75) is 18.3 Å². The molecule has 2 amide bonds. The third-order valence-electron chi connectivity index (χ3n) is 2.22. The normalized spacial score (nSPS) is 33.4. The predicted molar refractivity (Wildman–Crippen MR) is 46.0 cm³/mol. The van der Waals surface area contributed by atoms with Crippen LogP contribution in [-0.4, -0.2) is 40.4 Å². The number of fused-ring (bicyclic) bond motifs is 1. The third-order valence-corrected chi connectivity index (χ3v) is 3.51. The van der Waals surface area contributed by atoms with E-state index >= 15 is 0 Å². The Labute approximate surface area is 74.7 Å². The van der Waals surface area contributed by atoms with Crippen LogP contribution in [0.5, 0.6) is 0 Å². The van der Waals surface area contributed by atoms with E-state index in [2.05, 4.69) is 5.32 Å². The van der Waals surface area contributed by atoms with Gasteiger partial charge in [-0.05, 0) is 6.92 Å². The summed E-state index contributed by atoms with van der Waals surface area (Å²) < 4.78 is 0. The van der Waals surface area contributed by atoms with Crippen molar-refractivity contribution >= 4 is 23.6 Å². The van der Waals surface area contributed by atoms with Crippen molar-refractivity contribution in [3.8, 4) is 0 Å². The first kappa shape index (κ1) is 7.91. The fraction of sp³-hybridized carbons (Fsp3) is 0.714. The Kier molecular flexibility index (Phi) is 1.75. The fourth-order valence-electron chi connectivity index (χ4n) is 1.57. The molecule has 5 heteroatoms. The number of nitrogens with one attached hydrogen (secondary N) is 1. The van der Waals surface area contributed by atoms with E-state index in [1.165, 1.54) is 0 Å². The number of carbonyl (C=O) groups excluding carboxylic acids is 2. The Bertz CT molecular complexity index is 244. The van der Waals surface area contributed by atoms with Crippen LogP contribution < -0.4 is 5.32 Å². The van der Waals surface area contributed by atoms with Crippen LogP contribution in [0.4, 0.5) is 4.79 Å². The number of hydrogen-bond acceptors (Lipinski definition) is 3. The molecule has 2 rings (SSSR count). The van der Waals surface area contributed by atoms with Crippen LogP contribution in [0.25, 0.3) is 0 Å². The minimum atomic E-state index is -0.192. The molecule has 2 aliphatic heterocycles. The van der Waals surface area contributed by atoms with Crippen molar-refractivity contribution in [1.29, 1.82) is 0 Å². The van der Waals surface area contributed by atoms with E-state index in [0.717, 1.165) is 5.75 Å². The van der Waals surface area contributed by atoms with Gasteiger partial charge in [-0.3, -0.25) is 4.79 Å². The van der Waals surface area contributed by atoms with E-state index in [9.17, 15) is 9.59 Å². The number of thioether (sulfide) groups is 1. The summed E-state index contributed by atoms with van der Waals surface area (Å²) >= 11 is 1.67. The number of Topliss-reactive ketones (excluding diaryl/α,β-unsaturated/α-hetero) is 1. The number of amides is 2. The molecule has 66 valence electrons. The molecule has 0 radical (unpaired) electrons. The lowest BCUT2D eigenvalue weighted by Crippen LogP contribution is -2.41. The van der Waals surface area contributed by atoms with Crippen LogP contribution >= 0.6 is 11.8 Å². The van der Waals surface area contributed by atoms with E-state index in [1.54, 1.807) is 23.6 Å². The Morgan fingerprint density at radius 1 is 1.75 bits per heavy atom. The molecule has 0 aliphatic carbocycles. The summed E-state index contributed by atoms with van der Waals surface area (Å²) in [6.45, 7) is 2.21. The molecule has 2 saturated heterocycles. The van der Waals surface area contributed by atoms with E-state index in [4.69, 9.17) is 0 Å². The Morgan fingerprint density at radius 3 is 3.17 bits per heavy atom. The van der Waals surface area contributed by atoms with Gasteiger partial charge in [0.05, 0.1) is 5.37 Å². The van der Waals surface area contributed by atoms with Crippen LogP contribution in [0.1, 0.15) is 6.92 Å². The molecule has 1 N–H and O–H groups in total. The summed E-state index contributed by atoms with van der Waals surface area (Å²) in [5, 5.41) is 2.91. The van der Waals surface area contributed by atoms with Gasteiger partial charge < -0.3 is 10.2 Å². The van der Waals surface area contributed by atoms with Gasteiger partial charge in [-0.25, -0.2) is 4.79 Å². The monoisotopic (exact) mass is 186 g/mol. The molecule has 12 heavy (non-hydrogen) atoms. The summed E-state index contributed by atoms with van der Waals surface area (Å²) in [6.07, 6.45) is 0. The number of rotatable bonds is 1. The van der Waals surface area contributed by atoms with Crippen LogP contribution in [0, 0.1) is 0 Å². The Morgan fingerprint density at radius 2 is 2.50 bits per heavy atom. The summed E-state index contributed by atoms with van der Waals surface area (Å²) in [7, 11) is 0. The molecule has 0 aromatic heterocycles. The molecule has 0 bridgehead atoms. The molecule has 2 unspecified atom stereocenters. The lowest BCUT2D eigenvalue weighted by Gasteiger charge is -2.18. The van der Waals surface area contributed by atoms with Crippen LogP contribution in [0.15, 0.2) is 0 Å². The number of urea groups is 1. The summed E-state index contributed by atoms with van der Waals surface area (Å²) in [6, 6.07) is -0.285. The van der Waals surface area contributed by atoms with E-state index in [0.29, 0.717) is 6.54 Å². The van der Waals surface area contributed by atoms with Gasteiger partial charge in [0, 0.05) is 12.3 Å². The van der Waals surface area contributed by atoms with E-state index in [-0.39, 0.29) is 23.2 Å². The summed E-state index contributed by atoms with van der Waals surface area (Å²) in [5.41, 5.74) is 0. The smallest absolute Gasteiger partial charge is 0.319 e. The van der Waals surface area contributed by atoms with Gasteiger partial charge in [-0.15, -0.1) is 11.8 Å². The second-order valence-electron chi connectivity index (χ2n) is 3.01. The Balaban J connectivity index is 2.19. The van der Waals surface area contributed by atoms with Crippen molar-refractivity contribution in [2.24, 2.45) is 0 Å². The molecule has 0 saturated carbocycles. The average molecular weight is 186 g/mol. The number of hydrogen-bond donors (Lipinski definition) is 1. The maximum atomic E-state index is 11.2. The first-order valence-corrected chi connectivity index (χ1v) is 4.93. The van der Waals surface area contributed by atoms with Crippen LogP contribution in [-0.2, 0) is 4.79 Å². The van der Waals surface area contributed by atoms with Crippen molar-refractivity contribution < 1.29 is 9.59 Å². The van der Waals surface area contributed by atoms with Gasteiger partial charge in [-0.1, -0.05) is 0 Å². The van der Waals surface area contributed by atoms with Crippen molar-refractivity contribution in [2.75, 3.05) is 12.3 Å². The highest BCUT2D eigenvalue weighted by Crippen LogP contribution is 2.31. The molecule has 2 fully saturated rings. The van der Waals surface area contributed by atoms with E-state index < -0.39 is 0 Å². The maximum absolute atomic E-state index is 11.2. The molecule has 2 atom stereocenters. The number of ketones is 1. The van der Waals surface area contributed by atoms with E-state index in [1.807, 2.05) is 0 Å². The average Bonchev–Trinajstić information content (AvgIpc) is 2.53. The third kappa shape index (κ3) is 0.998. The second kappa shape index (κ2) is 2.65. The van der Waals surface area contributed by atoms with Gasteiger partial charge in [-0.2, -0.15) is 0 Å². The second-order valence-corrected chi connectivity index (χ2v) is 4.22. The largest absolute Gasteiger partial charge is 0.335 e. The topological polar surface area (TPSA) is 49.4 Å². The summed E-state index contributed by atoms with van der Waals surface area (Å²) in [4.78, 5) is 24.0. The Hall–Kier alpha value is -0.710. The lowest BCUT2D eigenvalue weighted by molar-refractivity contribution is -0.120. The molecule has 0 aromatic carbocycles. The highest BCUT2D eigenvalue weighted by molar-refractivity contribution is 8.00. The SMILES string of the molecule is CC(=O)C1CSC2CNC(=O)N21. The quantitative estimate of drug-likeness (QED) is 0.629. The predicted octanol–water partition coefficient (Wildman–Crippen LogP) is 0.0421. The molecule has 2 heterocycles. The van der Waals surface area contributed by atoms with Crippen molar-refractivity contribution in [1.82, 2.24) is 10.2 Å². The highest BCUT2D eigenvalue weighted by Gasteiger charge is 2.43. The molecule has 0 aromatic rings. The molecular formula is C7H10N2O2S. The van der Waals surface area contributed by atoms with Crippen LogP contribution in [0.3, 0.4) is 0 Å². The molecule has 4 nitrogen and oxygen atoms in total. The lowest BCUT2D eigenvalue weighted by atomic mass is 10.2. The van der Waals surface area contributed by atoms with Gasteiger partial charge in [0.2, 0.25) is 0 Å². The minimum absolute atomic E-state index is 0.0852. The van der Waals surface area contributed by atoms with Gasteiger partial charge in [0.25, 0.3) is 0 Å². The van der Waals surface area contributed by atoms with Crippen molar-refractivity contribution in [3.05, 3.63) is 0 Å². The number of nitrogens with zero attached hydrogens (tertiary/aromatic N) is 1. The molecular weight excluding hydrogens is 176 g/mol. The first-order chi connectivity index (χ1) is 5.70. The fourth-order valence-corrected chi connectivity index (χ4v) is 2.98.